The van der Waals surface area contributed by atoms with Gasteiger partial charge in [-0.25, -0.2) is 0 Å². The molecule has 0 unspecified atom stereocenters. The molecule has 162 valence electrons. The molecule has 1 aliphatic carbocycles. The molecular formula is C34H21N. The molecule has 1 nitrogen and oxygen atoms in total. The van der Waals surface area contributed by atoms with Gasteiger partial charge in [0.15, 0.2) is 0 Å². The standard InChI is InChI=1S/C34H21N/c1-2-9-23-21(8-1)18-32-31(23)20-33-29(14-7-17-35-33)34(32)22-15-16-28-26-12-4-3-10-24(26)25-11-5-6-13-27(25)30(28)19-22/h1-17,19-20H,18H2. The van der Waals surface area contributed by atoms with E-state index in [2.05, 4.69) is 109 Å². The zero-order valence-corrected chi connectivity index (χ0v) is 19.1. The van der Waals surface area contributed by atoms with E-state index in [4.69, 9.17) is 4.98 Å². The number of nitrogens with zero attached hydrogens (tertiary/aromatic N) is 1. The highest BCUT2D eigenvalue weighted by Crippen LogP contribution is 2.46. The SMILES string of the molecule is c1ccc2c(c1)Cc1c-2cc2ncccc2c1-c1ccc2c3ccccc3c3ccccc3c2c1. The monoisotopic (exact) mass is 443 g/mol. The maximum atomic E-state index is 4.77. The van der Waals surface area contributed by atoms with E-state index in [-0.39, 0.29) is 0 Å². The number of hydrogen-bond donors (Lipinski definition) is 0. The quantitative estimate of drug-likeness (QED) is 0.231. The smallest absolute Gasteiger partial charge is 0.0714 e. The summed E-state index contributed by atoms with van der Waals surface area (Å²) in [6, 6.07) is 40.0. The fourth-order valence-electron chi connectivity index (χ4n) is 6.21. The maximum absolute atomic E-state index is 4.77. The Morgan fingerprint density at radius 1 is 0.486 bits per heavy atom. The van der Waals surface area contributed by atoms with Gasteiger partial charge in [0.05, 0.1) is 5.52 Å². The van der Waals surface area contributed by atoms with Crippen molar-refractivity contribution in [1.29, 1.82) is 0 Å². The minimum absolute atomic E-state index is 0.960. The van der Waals surface area contributed by atoms with Gasteiger partial charge in [0.2, 0.25) is 0 Å². The lowest BCUT2D eigenvalue weighted by Gasteiger charge is -2.16. The van der Waals surface area contributed by atoms with E-state index in [0.29, 0.717) is 0 Å². The number of fused-ring (bicyclic) bond motifs is 10. The number of aromatic nitrogens is 1. The normalized spacial score (nSPS) is 12.5. The van der Waals surface area contributed by atoms with Crippen LogP contribution in [0.2, 0.25) is 0 Å². The lowest BCUT2D eigenvalue weighted by atomic mass is 9.88. The van der Waals surface area contributed by atoms with Gasteiger partial charge in [0, 0.05) is 11.6 Å². The van der Waals surface area contributed by atoms with Crippen molar-refractivity contribution in [2.45, 2.75) is 6.42 Å². The number of benzene rings is 6. The Labute approximate surface area is 203 Å². The third-order valence-electron chi connectivity index (χ3n) is 7.72. The zero-order valence-electron chi connectivity index (χ0n) is 19.1. The first-order valence-electron chi connectivity index (χ1n) is 12.2. The van der Waals surface area contributed by atoms with Gasteiger partial charge in [-0.15, -0.1) is 0 Å². The summed E-state index contributed by atoms with van der Waals surface area (Å²) < 4.78 is 0. The van der Waals surface area contributed by atoms with E-state index in [0.717, 1.165) is 11.9 Å². The van der Waals surface area contributed by atoms with Gasteiger partial charge in [0.1, 0.15) is 0 Å². The molecule has 1 aliphatic rings. The molecule has 8 rings (SSSR count). The molecule has 0 radical (unpaired) electrons. The summed E-state index contributed by atoms with van der Waals surface area (Å²) in [5.41, 5.74) is 9.12. The highest BCUT2D eigenvalue weighted by molar-refractivity contribution is 6.26. The number of pyridine rings is 1. The Morgan fingerprint density at radius 2 is 1.11 bits per heavy atom. The van der Waals surface area contributed by atoms with Gasteiger partial charge in [-0.2, -0.15) is 0 Å². The molecule has 1 aromatic heterocycles. The Hall–Kier alpha value is -4.49. The largest absolute Gasteiger partial charge is 0.256 e. The van der Waals surface area contributed by atoms with Crippen LogP contribution in [0.3, 0.4) is 0 Å². The van der Waals surface area contributed by atoms with Gasteiger partial charge >= 0.3 is 0 Å². The van der Waals surface area contributed by atoms with Crippen molar-refractivity contribution in [3.63, 3.8) is 0 Å². The predicted molar refractivity (Wildman–Crippen MR) is 148 cm³/mol. The Bertz CT molecular complexity index is 1940. The summed E-state index contributed by atoms with van der Waals surface area (Å²) in [7, 11) is 0. The van der Waals surface area contributed by atoms with E-state index in [1.54, 1.807) is 0 Å². The van der Waals surface area contributed by atoms with Crippen molar-refractivity contribution in [2.24, 2.45) is 0 Å². The van der Waals surface area contributed by atoms with Crippen molar-refractivity contribution in [1.82, 2.24) is 4.98 Å². The van der Waals surface area contributed by atoms with Crippen molar-refractivity contribution in [3.8, 4) is 22.3 Å². The van der Waals surface area contributed by atoms with E-state index < -0.39 is 0 Å². The third kappa shape index (κ3) is 2.61. The third-order valence-corrected chi connectivity index (χ3v) is 7.72. The number of hydrogen-bond acceptors (Lipinski definition) is 1. The predicted octanol–water partition coefficient (Wildman–Crippen LogP) is 8.93. The molecule has 0 aliphatic heterocycles. The van der Waals surface area contributed by atoms with Crippen LogP contribution in [0.25, 0.3) is 65.5 Å². The van der Waals surface area contributed by atoms with Crippen molar-refractivity contribution >= 4 is 43.2 Å². The summed E-state index contributed by atoms with van der Waals surface area (Å²) in [6.07, 6.45) is 2.86. The molecule has 6 aromatic carbocycles. The van der Waals surface area contributed by atoms with Crippen LogP contribution in [0, 0.1) is 0 Å². The second-order valence-electron chi connectivity index (χ2n) is 9.53. The second kappa shape index (κ2) is 7.01. The molecule has 1 heteroatoms. The Kier molecular flexibility index (Phi) is 3.78. The van der Waals surface area contributed by atoms with Crippen LogP contribution >= 0.6 is 0 Å². The molecule has 0 saturated carbocycles. The van der Waals surface area contributed by atoms with Crippen molar-refractivity contribution in [2.75, 3.05) is 0 Å². The van der Waals surface area contributed by atoms with Crippen molar-refractivity contribution < 1.29 is 0 Å². The summed E-state index contributed by atoms with van der Waals surface area (Å²) in [6.45, 7) is 0. The van der Waals surface area contributed by atoms with Gasteiger partial charge in [-0.1, -0.05) is 91.0 Å². The Balaban J connectivity index is 1.51. The van der Waals surface area contributed by atoms with Crippen LogP contribution in [0.4, 0.5) is 0 Å². The van der Waals surface area contributed by atoms with Gasteiger partial charge in [0.25, 0.3) is 0 Å². The zero-order chi connectivity index (χ0) is 22.9. The highest BCUT2D eigenvalue weighted by atomic mass is 14.6. The maximum Gasteiger partial charge on any atom is 0.0714 e. The van der Waals surface area contributed by atoms with Crippen molar-refractivity contribution in [3.05, 3.63) is 127 Å². The van der Waals surface area contributed by atoms with Crippen LogP contribution in [-0.4, -0.2) is 4.98 Å². The molecule has 0 atom stereocenters. The minimum atomic E-state index is 0.960. The van der Waals surface area contributed by atoms with E-state index in [9.17, 15) is 0 Å². The molecule has 0 fully saturated rings. The minimum Gasteiger partial charge on any atom is -0.256 e. The fourth-order valence-corrected chi connectivity index (χ4v) is 6.21. The lowest BCUT2D eigenvalue weighted by Crippen LogP contribution is -1.93. The molecule has 1 heterocycles. The Morgan fingerprint density at radius 3 is 1.89 bits per heavy atom. The molecule has 35 heavy (non-hydrogen) atoms. The second-order valence-corrected chi connectivity index (χ2v) is 9.53. The average Bonchev–Trinajstić information content (AvgIpc) is 3.29. The van der Waals surface area contributed by atoms with Gasteiger partial charge in [-0.3, -0.25) is 4.98 Å². The summed E-state index contributed by atoms with van der Waals surface area (Å²) in [5.74, 6) is 0. The molecule has 0 amide bonds. The summed E-state index contributed by atoms with van der Waals surface area (Å²) in [5, 5.41) is 9.08. The van der Waals surface area contributed by atoms with E-state index in [1.807, 2.05) is 6.20 Å². The highest BCUT2D eigenvalue weighted by Gasteiger charge is 2.24. The van der Waals surface area contributed by atoms with Crippen LogP contribution < -0.4 is 0 Å². The first-order valence-corrected chi connectivity index (χ1v) is 12.2. The van der Waals surface area contributed by atoms with E-state index in [1.165, 1.54) is 71.1 Å². The molecule has 0 saturated heterocycles. The van der Waals surface area contributed by atoms with Gasteiger partial charge < -0.3 is 0 Å². The molecule has 7 aromatic rings. The lowest BCUT2D eigenvalue weighted by molar-refractivity contribution is 1.27. The molecule has 0 N–H and O–H groups in total. The first kappa shape index (κ1) is 18.9. The van der Waals surface area contributed by atoms with Crippen LogP contribution in [0.15, 0.2) is 115 Å². The summed E-state index contributed by atoms with van der Waals surface area (Å²) in [4.78, 5) is 4.77. The molecule has 0 bridgehead atoms. The van der Waals surface area contributed by atoms with E-state index >= 15 is 0 Å². The fraction of sp³-hybridized carbons (Fsp3) is 0.0294. The topological polar surface area (TPSA) is 12.9 Å². The summed E-state index contributed by atoms with van der Waals surface area (Å²) >= 11 is 0. The number of rotatable bonds is 1. The first-order chi connectivity index (χ1) is 17.4. The van der Waals surface area contributed by atoms with Crippen LogP contribution in [0.1, 0.15) is 11.1 Å². The molecular weight excluding hydrogens is 422 g/mol. The van der Waals surface area contributed by atoms with Crippen LogP contribution in [0.5, 0.6) is 0 Å². The van der Waals surface area contributed by atoms with Gasteiger partial charge in [-0.05, 0) is 90.3 Å². The molecule has 0 spiro atoms. The average molecular weight is 444 g/mol. The van der Waals surface area contributed by atoms with Crippen LogP contribution in [-0.2, 0) is 6.42 Å².